The summed E-state index contributed by atoms with van der Waals surface area (Å²) in [6.07, 6.45) is 5.17. The van der Waals surface area contributed by atoms with Crippen molar-refractivity contribution >= 4 is 5.69 Å². The third-order valence-corrected chi connectivity index (χ3v) is 5.35. The molecule has 1 aromatic heterocycles. The number of aromatic nitrogens is 1. The van der Waals surface area contributed by atoms with Crippen LogP contribution in [0.1, 0.15) is 31.0 Å². The van der Waals surface area contributed by atoms with Gasteiger partial charge < -0.3 is 19.7 Å². The number of pyridine rings is 1. The average Bonchev–Trinajstić information content (AvgIpc) is 3.12. The summed E-state index contributed by atoms with van der Waals surface area (Å²) in [6, 6.07) is 11.4. The number of aryl methyl sites for hydroxylation is 1. The number of hydrogen-bond acceptors (Lipinski definition) is 5. The molecule has 5 nitrogen and oxygen atoms in total. The minimum atomic E-state index is 0.332. The quantitative estimate of drug-likeness (QED) is 0.894. The molecule has 0 unspecified atom stereocenters. The van der Waals surface area contributed by atoms with Crippen molar-refractivity contribution in [2.24, 2.45) is 0 Å². The molecule has 1 atom stereocenters. The van der Waals surface area contributed by atoms with Crippen LogP contribution < -0.4 is 19.7 Å². The fourth-order valence-corrected chi connectivity index (χ4v) is 3.87. The second-order valence-corrected chi connectivity index (χ2v) is 7.34. The molecule has 26 heavy (non-hydrogen) atoms. The second kappa shape index (κ2) is 7.54. The van der Waals surface area contributed by atoms with E-state index in [2.05, 4.69) is 47.2 Å². The van der Waals surface area contributed by atoms with Gasteiger partial charge >= 0.3 is 0 Å². The van der Waals surface area contributed by atoms with Crippen LogP contribution in [0.2, 0.25) is 0 Å². The molecule has 1 aromatic carbocycles. The number of ether oxygens (including phenoxy) is 2. The number of nitrogens with zero attached hydrogens (tertiary/aromatic N) is 2. The molecule has 0 saturated carbocycles. The van der Waals surface area contributed by atoms with E-state index in [1.165, 1.54) is 16.9 Å². The molecule has 2 aliphatic heterocycles. The Kier molecular flexibility index (Phi) is 4.98. The van der Waals surface area contributed by atoms with Crippen LogP contribution in [0.3, 0.4) is 0 Å². The lowest BCUT2D eigenvalue weighted by Crippen LogP contribution is -2.46. The molecule has 0 radical (unpaired) electrons. The van der Waals surface area contributed by atoms with E-state index in [-0.39, 0.29) is 0 Å². The van der Waals surface area contributed by atoms with Gasteiger partial charge in [0.2, 0.25) is 6.79 Å². The van der Waals surface area contributed by atoms with Crippen LogP contribution in [0.25, 0.3) is 0 Å². The van der Waals surface area contributed by atoms with Crippen molar-refractivity contribution in [2.75, 3.05) is 24.8 Å². The maximum atomic E-state index is 5.50. The van der Waals surface area contributed by atoms with Crippen LogP contribution in [0, 0.1) is 6.92 Å². The van der Waals surface area contributed by atoms with Crippen molar-refractivity contribution in [2.45, 2.75) is 45.2 Å². The molecule has 4 rings (SSSR count). The number of rotatable bonds is 5. The Morgan fingerprint density at radius 2 is 2.00 bits per heavy atom. The van der Waals surface area contributed by atoms with Crippen LogP contribution in [-0.2, 0) is 6.42 Å². The van der Waals surface area contributed by atoms with Crippen molar-refractivity contribution < 1.29 is 9.47 Å². The minimum absolute atomic E-state index is 0.332. The van der Waals surface area contributed by atoms with Gasteiger partial charge in [0.25, 0.3) is 0 Å². The molecule has 2 aliphatic rings. The van der Waals surface area contributed by atoms with E-state index >= 15 is 0 Å². The fraction of sp³-hybridized carbons (Fsp3) is 0.476. The largest absolute Gasteiger partial charge is 0.454 e. The first-order chi connectivity index (χ1) is 12.7. The lowest BCUT2D eigenvalue weighted by molar-refractivity contribution is 0.174. The van der Waals surface area contributed by atoms with Crippen molar-refractivity contribution in [3.8, 4) is 11.5 Å². The van der Waals surface area contributed by atoms with Gasteiger partial charge in [-0.1, -0.05) is 6.07 Å². The average molecular weight is 353 g/mol. The standard InChI is InChI=1S/C21H27N3O2/c1-15-4-3-9-22-19(15)12-16(2)23-17-7-10-24(11-8-17)18-5-6-20-21(13-18)26-14-25-20/h3-6,9,13,16-17,23H,7-8,10-12,14H2,1-2H3/t16-/m0/s1. The molecule has 1 saturated heterocycles. The number of nitrogens with one attached hydrogen (secondary N) is 1. The second-order valence-electron chi connectivity index (χ2n) is 7.34. The summed E-state index contributed by atoms with van der Waals surface area (Å²) >= 11 is 0. The van der Waals surface area contributed by atoms with Gasteiger partial charge in [0.15, 0.2) is 11.5 Å². The highest BCUT2D eigenvalue weighted by Crippen LogP contribution is 2.36. The minimum Gasteiger partial charge on any atom is -0.454 e. The van der Waals surface area contributed by atoms with Gasteiger partial charge in [-0.2, -0.15) is 0 Å². The Balaban J connectivity index is 1.29. The van der Waals surface area contributed by atoms with Crippen molar-refractivity contribution in [3.63, 3.8) is 0 Å². The van der Waals surface area contributed by atoms with Crippen LogP contribution in [0.15, 0.2) is 36.5 Å². The van der Waals surface area contributed by atoms with E-state index in [4.69, 9.17) is 9.47 Å². The maximum absolute atomic E-state index is 5.50. The van der Waals surface area contributed by atoms with Crippen molar-refractivity contribution in [3.05, 3.63) is 47.8 Å². The van der Waals surface area contributed by atoms with E-state index < -0.39 is 0 Å². The molecule has 0 amide bonds. The van der Waals surface area contributed by atoms with Gasteiger partial charge in [-0.05, 0) is 50.5 Å². The molecule has 0 aliphatic carbocycles. The number of hydrogen-bond donors (Lipinski definition) is 1. The van der Waals surface area contributed by atoms with Crippen LogP contribution in [0.5, 0.6) is 11.5 Å². The Labute approximate surface area is 155 Å². The third kappa shape index (κ3) is 3.78. The van der Waals surface area contributed by atoms with Crippen LogP contribution in [0.4, 0.5) is 5.69 Å². The predicted octanol–water partition coefficient (Wildman–Crippen LogP) is 3.31. The van der Waals surface area contributed by atoms with Crippen molar-refractivity contribution in [1.82, 2.24) is 10.3 Å². The van der Waals surface area contributed by atoms with Gasteiger partial charge in [-0.25, -0.2) is 0 Å². The molecule has 0 spiro atoms. The van der Waals surface area contributed by atoms with Crippen LogP contribution in [-0.4, -0.2) is 37.0 Å². The Morgan fingerprint density at radius 1 is 1.19 bits per heavy atom. The molecule has 5 heteroatoms. The maximum Gasteiger partial charge on any atom is 0.231 e. The number of benzene rings is 1. The molecule has 3 heterocycles. The Bertz CT molecular complexity index is 757. The van der Waals surface area contributed by atoms with Gasteiger partial charge in [0.05, 0.1) is 0 Å². The van der Waals surface area contributed by atoms with E-state index in [1.54, 1.807) is 0 Å². The summed E-state index contributed by atoms with van der Waals surface area (Å²) in [4.78, 5) is 6.96. The fourth-order valence-electron chi connectivity index (χ4n) is 3.87. The summed E-state index contributed by atoms with van der Waals surface area (Å²) in [5.41, 5.74) is 3.70. The SMILES string of the molecule is Cc1cccnc1C[C@H](C)NC1CCN(c2ccc3c(c2)OCO3)CC1. The zero-order chi connectivity index (χ0) is 17.9. The molecule has 138 valence electrons. The smallest absolute Gasteiger partial charge is 0.231 e. The molecule has 1 fully saturated rings. The first kappa shape index (κ1) is 17.2. The first-order valence-electron chi connectivity index (χ1n) is 9.50. The lowest BCUT2D eigenvalue weighted by Gasteiger charge is -2.35. The normalized spacial score (nSPS) is 18.2. The topological polar surface area (TPSA) is 46.6 Å². The number of anilines is 1. The first-order valence-corrected chi connectivity index (χ1v) is 9.50. The molecule has 2 aromatic rings. The summed E-state index contributed by atoms with van der Waals surface area (Å²) in [5.74, 6) is 1.71. The molecule has 1 N–H and O–H groups in total. The summed E-state index contributed by atoms with van der Waals surface area (Å²) in [7, 11) is 0. The van der Waals surface area contributed by atoms with Gasteiger partial charge in [0, 0.05) is 55.2 Å². The van der Waals surface area contributed by atoms with E-state index in [9.17, 15) is 0 Å². The lowest BCUT2D eigenvalue weighted by atomic mass is 10.0. The Morgan fingerprint density at radius 3 is 2.81 bits per heavy atom. The monoisotopic (exact) mass is 353 g/mol. The van der Waals surface area contributed by atoms with Crippen LogP contribution >= 0.6 is 0 Å². The summed E-state index contributed by atoms with van der Waals surface area (Å²) in [5, 5.41) is 3.80. The zero-order valence-electron chi connectivity index (χ0n) is 15.6. The van der Waals surface area contributed by atoms with Gasteiger partial charge in [-0.3, -0.25) is 4.98 Å². The Hall–Kier alpha value is -2.27. The molecular formula is C21H27N3O2. The third-order valence-electron chi connectivity index (χ3n) is 5.35. The van der Waals surface area contributed by atoms with Gasteiger partial charge in [-0.15, -0.1) is 0 Å². The highest BCUT2D eigenvalue weighted by molar-refractivity contribution is 5.57. The number of piperidine rings is 1. The highest BCUT2D eigenvalue weighted by Gasteiger charge is 2.22. The van der Waals surface area contributed by atoms with E-state index in [1.807, 2.05) is 18.3 Å². The molecule has 0 bridgehead atoms. The predicted molar refractivity (Wildman–Crippen MR) is 103 cm³/mol. The zero-order valence-corrected chi connectivity index (χ0v) is 15.6. The van der Waals surface area contributed by atoms with Crippen molar-refractivity contribution in [1.29, 1.82) is 0 Å². The molecular weight excluding hydrogens is 326 g/mol. The van der Waals surface area contributed by atoms with Gasteiger partial charge in [0.1, 0.15) is 0 Å². The van der Waals surface area contributed by atoms with E-state index in [0.29, 0.717) is 18.9 Å². The number of fused-ring (bicyclic) bond motifs is 1. The summed E-state index contributed by atoms with van der Waals surface area (Å²) < 4.78 is 10.9. The van der Waals surface area contributed by atoms with E-state index in [0.717, 1.165) is 43.9 Å². The summed E-state index contributed by atoms with van der Waals surface area (Å²) in [6.45, 7) is 6.86. The highest BCUT2D eigenvalue weighted by atomic mass is 16.7.